The third-order valence-corrected chi connectivity index (χ3v) is 5.28. The highest BCUT2D eigenvalue weighted by Crippen LogP contribution is 2.12. The maximum atomic E-state index is 6.02. The second kappa shape index (κ2) is 8.23. The Hall–Kier alpha value is -0.903. The van der Waals surface area contributed by atoms with Gasteiger partial charge >= 0.3 is 0 Å². The lowest BCUT2D eigenvalue weighted by atomic mass is 10.1. The van der Waals surface area contributed by atoms with Crippen LogP contribution >= 0.6 is 0 Å². The first-order chi connectivity index (χ1) is 8.31. The molecule has 2 nitrogen and oxygen atoms in total. The summed E-state index contributed by atoms with van der Waals surface area (Å²) in [6.45, 7) is 6.70. The second-order valence-corrected chi connectivity index (χ2v) is 6.57. The highest BCUT2D eigenvalue weighted by Gasteiger charge is 2.11. The van der Waals surface area contributed by atoms with E-state index in [9.17, 15) is 0 Å². The predicted molar refractivity (Wildman–Crippen MR) is 75.4 cm³/mol. The summed E-state index contributed by atoms with van der Waals surface area (Å²) in [5, 5.41) is 0. The van der Waals surface area contributed by atoms with Gasteiger partial charge in [-0.05, 0) is 17.2 Å². The second-order valence-electron chi connectivity index (χ2n) is 4.08. The SMILES string of the molecule is C=Cc1ccccc1CO[SiH](CCC)COC. The molecule has 1 atom stereocenters. The molecule has 0 aliphatic heterocycles. The lowest BCUT2D eigenvalue weighted by Crippen LogP contribution is -2.24. The fraction of sp³-hybridized carbons (Fsp3) is 0.429. The van der Waals surface area contributed by atoms with Crippen LogP contribution in [0, 0.1) is 0 Å². The summed E-state index contributed by atoms with van der Waals surface area (Å²) in [6, 6.07) is 9.40. The third-order valence-electron chi connectivity index (χ3n) is 2.71. The summed E-state index contributed by atoms with van der Waals surface area (Å²) >= 11 is 0. The normalized spacial score (nSPS) is 12.4. The molecule has 1 aromatic carbocycles. The summed E-state index contributed by atoms with van der Waals surface area (Å²) in [7, 11) is 0.555. The van der Waals surface area contributed by atoms with Gasteiger partial charge in [0, 0.05) is 7.11 Å². The number of hydrogen-bond donors (Lipinski definition) is 0. The van der Waals surface area contributed by atoms with Gasteiger partial charge < -0.3 is 9.16 Å². The molecule has 94 valence electrons. The molecule has 0 N–H and O–H groups in total. The van der Waals surface area contributed by atoms with E-state index in [4.69, 9.17) is 9.16 Å². The topological polar surface area (TPSA) is 18.5 Å². The molecule has 0 fully saturated rings. The molecule has 0 radical (unpaired) electrons. The zero-order valence-corrected chi connectivity index (χ0v) is 12.0. The smallest absolute Gasteiger partial charge is 0.202 e. The van der Waals surface area contributed by atoms with Gasteiger partial charge in [-0.25, -0.2) is 0 Å². The summed E-state index contributed by atoms with van der Waals surface area (Å²) in [4.78, 5) is 0. The zero-order chi connectivity index (χ0) is 12.5. The highest BCUT2D eigenvalue weighted by molar-refractivity contribution is 6.51. The largest absolute Gasteiger partial charge is 0.413 e. The maximum absolute atomic E-state index is 6.02. The minimum Gasteiger partial charge on any atom is -0.413 e. The van der Waals surface area contributed by atoms with E-state index in [1.54, 1.807) is 7.11 Å². The Morgan fingerprint density at radius 2 is 2.12 bits per heavy atom. The summed E-state index contributed by atoms with van der Waals surface area (Å²) in [5.41, 5.74) is 2.38. The maximum Gasteiger partial charge on any atom is 0.202 e. The molecule has 0 saturated carbocycles. The average molecular weight is 250 g/mol. The number of ether oxygens (including phenoxy) is 1. The van der Waals surface area contributed by atoms with E-state index in [1.165, 1.54) is 18.0 Å². The van der Waals surface area contributed by atoms with Gasteiger partial charge in [-0.15, -0.1) is 0 Å². The molecule has 0 spiro atoms. The van der Waals surface area contributed by atoms with Crippen LogP contribution in [-0.2, 0) is 15.8 Å². The summed E-state index contributed by atoms with van der Waals surface area (Å²) in [5.74, 6) is 0. The van der Waals surface area contributed by atoms with Gasteiger partial charge in [0.25, 0.3) is 0 Å². The predicted octanol–water partition coefficient (Wildman–Crippen LogP) is 3.17. The molecule has 0 aliphatic carbocycles. The van der Waals surface area contributed by atoms with Crippen LogP contribution in [0.3, 0.4) is 0 Å². The van der Waals surface area contributed by atoms with Crippen molar-refractivity contribution in [1.29, 1.82) is 0 Å². The van der Waals surface area contributed by atoms with E-state index in [-0.39, 0.29) is 0 Å². The minimum atomic E-state index is -1.19. The van der Waals surface area contributed by atoms with Crippen LogP contribution in [0.25, 0.3) is 6.08 Å². The van der Waals surface area contributed by atoms with Crippen molar-refractivity contribution in [3.05, 3.63) is 42.0 Å². The molecular formula is C14H22O2Si. The molecule has 1 unspecified atom stereocenters. The van der Waals surface area contributed by atoms with Crippen molar-refractivity contribution < 1.29 is 9.16 Å². The Kier molecular flexibility index (Phi) is 6.85. The molecule has 3 heteroatoms. The van der Waals surface area contributed by atoms with Crippen LogP contribution in [-0.4, -0.2) is 22.4 Å². The van der Waals surface area contributed by atoms with Crippen molar-refractivity contribution in [2.75, 3.05) is 13.3 Å². The fourth-order valence-corrected chi connectivity index (χ4v) is 3.66. The van der Waals surface area contributed by atoms with Gasteiger partial charge in [0.2, 0.25) is 9.04 Å². The van der Waals surface area contributed by atoms with E-state index in [0.717, 1.165) is 11.8 Å². The van der Waals surface area contributed by atoms with Gasteiger partial charge in [0.15, 0.2) is 0 Å². The zero-order valence-electron chi connectivity index (χ0n) is 10.8. The first kappa shape index (κ1) is 14.2. The van der Waals surface area contributed by atoms with E-state index < -0.39 is 9.04 Å². The van der Waals surface area contributed by atoms with E-state index in [1.807, 2.05) is 18.2 Å². The summed E-state index contributed by atoms with van der Waals surface area (Å²) in [6.07, 6.45) is 3.85. The first-order valence-electron chi connectivity index (χ1n) is 6.12. The van der Waals surface area contributed by atoms with Crippen molar-refractivity contribution in [2.24, 2.45) is 0 Å². The van der Waals surface area contributed by atoms with Crippen molar-refractivity contribution in [3.8, 4) is 0 Å². The summed E-state index contributed by atoms with van der Waals surface area (Å²) < 4.78 is 11.2. The molecule has 17 heavy (non-hydrogen) atoms. The van der Waals surface area contributed by atoms with Crippen molar-refractivity contribution in [2.45, 2.75) is 26.0 Å². The van der Waals surface area contributed by atoms with Crippen LogP contribution in [0.2, 0.25) is 6.04 Å². The standard InChI is InChI=1S/C14H22O2Si/c1-4-10-17(12-15-3)16-11-14-9-7-6-8-13(14)5-2/h5-9,17H,2,4,10-12H2,1,3H3. The van der Waals surface area contributed by atoms with Crippen molar-refractivity contribution >= 4 is 15.1 Å². The Morgan fingerprint density at radius 3 is 2.76 bits per heavy atom. The van der Waals surface area contributed by atoms with Gasteiger partial charge in [-0.2, -0.15) is 0 Å². The number of methoxy groups -OCH3 is 1. The van der Waals surface area contributed by atoms with Gasteiger partial charge in [0.05, 0.1) is 12.8 Å². The van der Waals surface area contributed by atoms with Gasteiger partial charge in [-0.3, -0.25) is 0 Å². The lowest BCUT2D eigenvalue weighted by molar-refractivity contribution is 0.212. The Morgan fingerprint density at radius 1 is 1.35 bits per heavy atom. The van der Waals surface area contributed by atoms with Crippen LogP contribution in [0.5, 0.6) is 0 Å². The van der Waals surface area contributed by atoms with Crippen LogP contribution in [0.1, 0.15) is 24.5 Å². The van der Waals surface area contributed by atoms with E-state index in [2.05, 4.69) is 25.6 Å². The molecule has 0 saturated heterocycles. The number of rotatable bonds is 8. The van der Waals surface area contributed by atoms with Crippen molar-refractivity contribution in [3.63, 3.8) is 0 Å². The highest BCUT2D eigenvalue weighted by atomic mass is 28.3. The van der Waals surface area contributed by atoms with E-state index >= 15 is 0 Å². The van der Waals surface area contributed by atoms with Crippen LogP contribution in [0.4, 0.5) is 0 Å². The molecule has 0 aliphatic rings. The first-order valence-corrected chi connectivity index (χ1v) is 8.23. The molecule has 0 heterocycles. The molecule has 1 aromatic rings. The van der Waals surface area contributed by atoms with Gasteiger partial charge in [0.1, 0.15) is 0 Å². The number of hydrogen-bond acceptors (Lipinski definition) is 2. The van der Waals surface area contributed by atoms with Crippen molar-refractivity contribution in [1.82, 2.24) is 0 Å². The molecule has 1 rings (SSSR count). The number of benzene rings is 1. The Bertz CT molecular complexity index is 333. The quantitative estimate of drug-likeness (QED) is 0.660. The Balaban J connectivity index is 2.55. The van der Waals surface area contributed by atoms with E-state index in [0.29, 0.717) is 6.61 Å². The lowest BCUT2D eigenvalue weighted by Gasteiger charge is -2.15. The average Bonchev–Trinajstić information content (AvgIpc) is 2.37. The fourth-order valence-electron chi connectivity index (χ4n) is 1.80. The third kappa shape index (κ3) is 4.85. The van der Waals surface area contributed by atoms with Crippen LogP contribution in [0.15, 0.2) is 30.8 Å². The minimum absolute atomic E-state index is 0.683. The molecule has 0 amide bonds. The molecule has 0 bridgehead atoms. The Labute approximate surface area is 106 Å². The van der Waals surface area contributed by atoms with Crippen LogP contribution < -0.4 is 0 Å². The van der Waals surface area contributed by atoms with Gasteiger partial charge in [-0.1, -0.05) is 50.3 Å². The molecule has 0 aromatic heterocycles. The monoisotopic (exact) mass is 250 g/mol. The molecular weight excluding hydrogens is 228 g/mol.